The first-order valence-electron chi connectivity index (χ1n) is 8.15. The molecule has 0 bridgehead atoms. The first-order valence-corrected chi connectivity index (χ1v) is 8.15. The summed E-state index contributed by atoms with van der Waals surface area (Å²) in [6.45, 7) is 2.08. The van der Waals surface area contributed by atoms with Gasteiger partial charge in [0.2, 0.25) is 17.0 Å². The van der Waals surface area contributed by atoms with Crippen molar-refractivity contribution in [3.63, 3.8) is 0 Å². The first-order chi connectivity index (χ1) is 12.3. The predicted octanol–water partition coefficient (Wildman–Crippen LogP) is 4.94. The second-order valence-corrected chi connectivity index (χ2v) is 6.09. The molecule has 2 aromatic heterocycles. The van der Waals surface area contributed by atoms with Crippen LogP contribution in [-0.2, 0) is 0 Å². The molecule has 0 fully saturated rings. The number of hydrogen-bond acceptors (Lipinski definition) is 2. The third-order valence-electron chi connectivity index (χ3n) is 4.41. The second kappa shape index (κ2) is 5.26. The molecule has 1 aliphatic heterocycles. The Kier molecular flexibility index (Phi) is 2.93. The highest BCUT2D eigenvalue weighted by molar-refractivity contribution is 6.06. The molecular formula is C21H15N3O+2. The van der Waals surface area contributed by atoms with Crippen LogP contribution in [0.1, 0.15) is 5.56 Å². The zero-order chi connectivity index (χ0) is 16.8. The van der Waals surface area contributed by atoms with Gasteiger partial charge in [-0.2, -0.15) is 0 Å². The maximum absolute atomic E-state index is 6.01. The third kappa shape index (κ3) is 2.20. The van der Waals surface area contributed by atoms with Crippen molar-refractivity contribution >= 4 is 39.5 Å². The number of aryl methyl sites for hydroxylation is 1. The van der Waals surface area contributed by atoms with Crippen molar-refractivity contribution in [2.75, 3.05) is 0 Å². The average Bonchev–Trinajstić information content (AvgIpc) is 3.27. The number of pyridine rings is 1. The highest BCUT2D eigenvalue weighted by Crippen LogP contribution is 2.33. The van der Waals surface area contributed by atoms with Crippen molar-refractivity contribution < 1.29 is 13.6 Å². The molecule has 0 amide bonds. The molecule has 0 N–H and O–H groups in total. The Morgan fingerprint density at radius 3 is 2.56 bits per heavy atom. The van der Waals surface area contributed by atoms with E-state index < -0.39 is 0 Å². The van der Waals surface area contributed by atoms with Crippen LogP contribution in [0.15, 0.2) is 77.6 Å². The summed E-state index contributed by atoms with van der Waals surface area (Å²) >= 11 is 0. The van der Waals surface area contributed by atoms with Crippen LogP contribution in [0.25, 0.3) is 22.1 Å². The molecule has 0 unspecified atom stereocenters. The van der Waals surface area contributed by atoms with Crippen molar-refractivity contribution in [1.82, 2.24) is 4.98 Å². The number of nitrogens with zero attached hydrogens (tertiary/aromatic N) is 3. The number of para-hydroxylation sites is 1. The Bertz CT molecular complexity index is 1220. The standard InChI is InChI=1S/C21H15N3O/c1-15-7-9-16(10-8-15)23-12-13-24(14-23)19-6-2-4-17-18-5-3-11-22-21(18)25-20(17)19/h2-13H,1H3/q+2. The van der Waals surface area contributed by atoms with Crippen molar-refractivity contribution in [2.45, 2.75) is 6.92 Å². The molecule has 25 heavy (non-hydrogen) atoms. The minimum Gasteiger partial charge on any atom is -0.431 e. The zero-order valence-electron chi connectivity index (χ0n) is 13.7. The van der Waals surface area contributed by atoms with Gasteiger partial charge in [-0.05, 0) is 25.1 Å². The smallest absolute Gasteiger partial charge is 0.431 e. The summed E-state index contributed by atoms with van der Waals surface area (Å²) in [6.07, 6.45) is 5.72. The fourth-order valence-corrected chi connectivity index (χ4v) is 3.11. The van der Waals surface area contributed by atoms with Crippen molar-refractivity contribution in [3.8, 4) is 0 Å². The minimum atomic E-state index is 0.656. The van der Waals surface area contributed by atoms with Crippen LogP contribution >= 0.6 is 0 Å². The lowest BCUT2D eigenvalue weighted by Crippen LogP contribution is -1.94. The van der Waals surface area contributed by atoms with Crippen LogP contribution in [-0.4, -0.2) is 20.1 Å². The van der Waals surface area contributed by atoms with E-state index in [1.54, 1.807) is 6.20 Å². The van der Waals surface area contributed by atoms with E-state index in [0.29, 0.717) is 5.71 Å². The summed E-state index contributed by atoms with van der Waals surface area (Å²) in [5, 5.41) is 2.09. The monoisotopic (exact) mass is 325 g/mol. The van der Waals surface area contributed by atoms with Gasteiger partial charge in [0, 0.05) is 35.2 Å². The molecule has 118 valence electrons. The number of fused-ring (bicyclic) bond motifs is 3. The highest BCUT2D eigenvalue weighted by atomic mass is 16.3. The Labute approximate surface area is 144 Å². The van der Waals surface area contributed by atoms with E-state index in [1.807, 2.05) is 45.8 Å². The Balaban J connectivity index is 1.72. The van der Waals surface area contributed by atoms with Gasteiger partial charge in [0.1, 0.15) is 0 Å². The van der Waals surface area contributed by atoms with Gasteiger partial charge < -0.3 is 4.42 Å². The number of aromatic nitrogens is 1. The Hall–Kier alpha value is -3.49. The van der Waals surface area contributed by atoms with Gasteiger partial charge in [-0.25, -0.2) is 4.98 Å². The molecule has 0 radical (unpaired) electrons. The highest BCUT2D eigenvalue weighted by Gasteiger charge is 2.25. The fourth-order valence-electron chi connectivity index (χ4n) is 3.11. The van der Waals surface area contributed by atoms with E-state index in [4.69, 9.17) is 4.42 Å². The van der Waals surface area contributed by atoms with E-state index in [2.05, 4.69) is 48.2 Å². The van der Waals surface area contributed by atoms with E-state index in [-0.39, 0.29) is 0 Å². The molecule has 4 aromatic rings. The first kappa shape index (κ1) is 13.9. The van der Waals surface area contributed by atoms with Crippen molar-refractivity contribution in [1.29, 1.82) is 0 Å². The summed E-state index contributed by atoms with van der Waals surface area (Å²) in [5.41, 5.74) is 4.73. The van der Waals surface area contributed by atoms with Gasteiger partial charge in [0.05, 0.1) is 0 Å². The Morgan fingerprint density at radius 2 is 1.68 bits per heavy atom. The van der Waals surface area contributed by atoms with Gasteiger partial charge in [0.15, 0.2) is 0 Å². The van der Waals surface area contributed by atoms with E-state index in [9.17, 15) is 0 Å². The summed E-state index contributed by atoms with van der Waals surface area (Å²) in [6, 6.07) is 21.8. The molecule has 0 saturated heterocycles. The lowest BCUT2D eigenvalue weighted by Gasteiger charge is -1.90. The average molecular weight is 325 g/mol. The molecule has 5 rings (SSSR count). The summed E-state index contributed by atoms with van der Waals surface area (Å²) in [5.74, 6) is 0. The number of rotatable bonds is 2. The predicted molar refractivity (Wildman–Crippen MR) is 96.7 cm³/mol. The lowest BCUT2D eigenvalue weighted by molar-refractivity contribution is -0.386. The number of furan rings is 1. The van der Waals surface area contributed by atoms with Gasteiger partial charge >= 0.3 is 6.01 Å². The topological polar surface area (TPSA) is 32.0 Å². The molecule has 0 atom stereocenters. The van der Waals surface area contributed by atoms with Crippen molar-refractivity contribution in [3.05, 3.63) is 78.8 Å². The molecule has 1 aliphatic rings. The van der Waals surface area contributed by atoms with Crippen LogP contribution in [0.4, 0.5) is 11.4 Å². The molecular weight excluding hydrogens is 310 g/mol. The number of hydrogen-bond donors (Lipinski definition) is 0. The fraction of sp³-hybridized carbons (Fsp3) is 0.0476. The quantitative estimate of drug-likeness (QED) is 0.489. The largest absolute Gasteiger partial charge is 0.502 e. The van der Waals surface area contributed by atoms with Gasteiger partial charge in [-0.1, -0.05) is 32.9 Å². The van der Waals surface area contributed by atoms with E-state index in [0.717, 1.165) is 27.7 Å². The van der Waals surface area contributed by atoms with Crippen molar-refractivity contribution in [2.24, 2.45) is 0 Å². The van der Waals surface area contributed by atoms with Gasteiger partial charge in [0.25, 0.3) is 18.1 Å². The molecule has 4 nitrogen and oxygen atoms in total. The summed E-state index contributed by atoms with van der Waals surface area (Å²) in [4.78, 5) is 4.32. The summed E-state index contributed by atoms with van der Waals surface area (Å²) < 4.78 is 9.93. The zero-order valence-corrected chi connectivity index (χ0v) is 13.7. The molecule has 4 heteroatoms. The Morgan fingerprint density at radius 1 is 0.880 bits per heavy atom. The van der Waals surface area contributed by atoms with Crippen LogP contribution in [0.5, 0.6) is 0 Å². The summed E-state index contributed by atoms with van der Waals surface area (Å²) in [7, 11) is 0. The number of benzene rings is 2. The van der Waals surface area contributed by atoms with Crippen LogP contribution < -0.4 is 0 Å². The normalized spacial score (nSPS) is 13.5. The van der Waals surface area contributed by atoms with Crippen LogP contribution in [0, 0.1) is 6.92 Å². The van der Waals surface area contributed by atoms with Crippen LogP contribution in [0.2, 0.25) is 0 Å². The van der Waals surface area contributed by atoms with Gasteiger partial charge in [-0.15, -0.1) is 0 Å². The third-order valence-corrected chi connectivity index (χ3v) is 4.41. The van der Waals surface area contributed by atoms with E-state index in [1.165, 1.54) is 5.56 Å². The maximum Gasteiger partial charge on any atom is 0.502 e. The molecule has 0 saturated carbocycles. The van der Waals surface area contributed by atoms with Crippen LogP contribution in [0.3, 0.4) is 0 Å². The van der Waals surface area contributed by atoms with E-state index >= 15 is 0 Å². The molecule has 0 aliphatic carbocycles. The SMILES string of the molecule is Cc1ccc([N+]2=C=[N+](c3cccc4c3oc3ncccc34)C=C2)cc1. The lowest BCUT2D eigenvalue weighted by atomic mass is 10.2. The second-order valence-electron chi connectivity index (χ2n) is 6.09. The van der Waals surface area contributed by atoms with Gasteiger partial charge in [-0.3, -0.25) is 0 Å². The minimum absolute atomic E-state index is 0.656. The molecule has 2 aromatic carbocycles. The maximum atomic E-state index is 6.01. The molecule has 3 heterocycles. The molecule has 0 spiro atoms.